The van der Waals surface area contributed by atoms with Gasteiger partial charge in [0.05, 0.1) is 29.3 Å². The summed E-state index contributed by atoms with van der Waals surface area (Å²) in [5, 5.41) is 4.41. The molecule has 2 aromatic rings. The molecule has 0 saturated heterocycles. The molecular formula is C10H9Cl2N3. The zero-order valence-corrected chi connectivity index (χ0v) is 9.31. The normalized spacial score (nSPS) is 10.3. The number of hydrogen-bond donors (Lipinski definition) is 2. The molecule has 0 radical (unpaired) electrons. The first-order chi connectivity index (χ1) is 7.25. The van der Waals surface area contributed by atoms with Crippen molar-refractivity contribution in [2.75, 3.05) is 5.32 Å². The van der Waals surface area contributed by atoms with Crippen molar-refractivity contribution in [3.63, 3.8) is 0 Å². The van der Waals surface area contributed by atoms with Crippen molar-refractivity contribution in [3.8, 4) is 0 Å². The van der Waals surface area contributed by atoms with E-state index >= 15 is 0 Å². The van der Waals surface area contributed by atoms with Crippen LogP contribution in [0.4, 0.5) is 5.69 Å². The smallest absolute Gasteiger partial charge is 0.0923 e. The number of nitrogens with one attached hydrogen (secondary N) is 2. The van der Waals surface area contributed by atoms with Crippen molar-refractivity contribution in [2.45, 2.75) is 6.54 Å². The Morgan fingerprint density at radius 2 is 2.20 bits per heavy atom. The Balaban J connectivity index is 2.05. The quantitative estimate of drug-likeness (QED) is 0.866. The van der Waals surface area contributed by atoms with Gasteiger partial charge in [-0.1, -0.05) is 23.2 Å². The first-order valence-electron chi connectivity index (χ1n) is 4.42. The summed E-state index contributed by atoms with van der Waals surface area (Å²) in [4.78, 5) is 6.98. The number of imidazole rings is 1. The molecule has 5 heteroatoms. The minimum Gasteiger partial charge on any atom is -0.378 e. The molecule has 0 amide bonds. The SMILES string of the molecule is Clc1ccc(NCc2c[nH]cn2)c(Cl)c1. The predicted molar refractivity (Wildman–Crippen MR) is 62.4 cm³/mol. The van der Waals surface area contributed by atoms with Crippen LogP contribution in [0.15, 0.2) is 30.7 Å². The molecule has 78 valence electrons. The Morgan fingerprint density at radius 3 is 2.87 bits per heavy atom. The van der Waals surface area contributed by atoms with Crippen molar-refractivity contribution in [1.29, 1.82) is 0 Å². The summed E-state index contributed by atoms with van der Waals surface area (Å²) in [5.74, 6) is 0. The number of nitrogens with zero attached hydrogens (tertiary/aromatic N) is 1. The molecule has 0 bridgehead atoms. The Bertz CT molecular complexity index is 440. The molecule has 15 heavy (non-hydrogen) atoms. The molecular weight excluding hydrogens is 233 g/mol. The van der Waals surface area contributed by atoms with Gasteiger partial charge in [-0.25, -0.2) is 4.98 Å². The molecule has 0 atom stereocenters. The highest BCUT2D eigenvalue weighted by Gasteiger charge is 2.01. The molecule has 0 saturated carbocycles. The maximum atomic E-state index is 5.99. The number of hydrogen-bond acceptors (Lipinski definition) is 2. The molecule has 0 aliphatic heterocycles. The Morgan fingerprint density at radius 1 is 1.33 bits per heavy atom. The van der Waals surface area contributed by atoms with Crippen LogP contribution in [0.1, 0.15) is 5.69 Å². The summed E-state index contributed by atoms with van der Waals surface area (Å²) >= 11 is 11.8. The standard InChI is InChI=1S/C10H9Cl2N3/c11-7-1-2-10(9(12)3-7)14-5-8-4-13-6-15-8/h1-4,6,14H,5H2,(H,13,15). The topological polar surface area (TPSA) is 40.7 Å². The van der Waals surface area contributed by atoms with Crippen LogP contribution in [0.3, 0.4) is 0 Å². The van der Waals surface area contributed by atoms with Gasteiger partial charge in [0.15, 0.2) is 0 Å². The first kappa shape index (κ1) is 10.3. The number of rotatable bonds is 3. The summed E-state index contributed by atoms with van der Waals surface area (Å²) < 4.78 is 0. The van der Waals surface area contributed by atoms with Crippen LogP contribution in [-0.4, -0.2) is 9.97 Å². The third-order valence-corrected chi connectivity index (χ3v) is 2.49. The van der Waals surface area contributed by atoms with E-state index in [-0.39, 0.29) is 0 Å². The molecule has 0 aliphatic carbocycles. The van der Waals surface area contributed by atoms with Gasteiger partial charge in [0.25, 0.3) is 0 Å². The van der Waals surface area contributed by atoms with E-state index in [1.165, 1.54) is 0 Å². The fourth-order valence-corrected chi connectivity index (χ4v) is 1.68. The lowest BCUT2D eigenvalue weighted by Crippen LogP contribution is -1.99. The van der Waals surface area contributed by atoms with Crippen LogP contribution in [0.2, 0.25) is 10.0 Å². The second kappa shape index (κ2) is 4.55. The van der Waals surface area contributed by atoms with Crippen LogP contribution in [0.25, 0.3) is 0 Å². The van der Waals surface area contributed by atoms with Gasteiger partial charge < -0.3 is 10.3 Å². The highest BCUT2D eigenvalue weighted by atomic mass is 35.5. The lowest BCUT2D eigenvalue weighted by Gasteiger charge is -2.06. The second-order valence-corrected chi connectivity index (χ2v) is 3.88. The number of aromatic amines is 1. The number of benzene rings is 1. The predicted octanol–water partition coefficient (Wildman–Crippen LogP) is 3.33. The molecule has 0 unspecified atom stereocenters. The van der Waals surface area contributed by atoms with E-state index in [0.29, 0.717) is 16.6 Å². The van der Waals surface area contributed by atoms with Gasteiger partial charge in [-0.3, -0.25) is 0 Å². The summed E-state index contributed by atoms with van der Waals surface area (Å²) in [7, 11) is 0. The van der Waals surface area contributed by atoms with Gasteiger partial charge in [0.2, 0.25) is 0 Å². The number of H-pyrrole nitrogens is 1. The van der Waals surface area contributed by atoms with E-state index in [4.69, 9.17) is 23.2 Å². The lowest BCUT2D eigenvalue weighted by molar-refractivity contribution is 1.07. The Kier molecular flexibility index (Phi) is 3.14. The molecule has 0 fully saturated rings. The largest absolute Gasteiger partial charge is 0.378 e. The Labute approximate surface area is 97.4 Å². The zero-order valence-electron chi connectivity index (χ0n) is 7.80. The summed E-state index contributed by atoms with van der Waals surface area (Å²) in [6, 6.07) is 5.34. The van der Waals surface area contributed by atoms with E-state index in [0.717, 1.165) is 11.4 Å². The van der Waals surface area contributed by atoms with E-state index in [1.807, 2.05) is 12.3 Å². The minimum atomic E-state index is 0.609. The summed E-state index contributed by atoms with van der Waals surface area (Å²) in [6.45, 7) is 0.630. The average Bonchev–Trinajstić information content (AvgIpc) is 2.69. The minimum absolute atomic E-state index is 0.609. The molecule has 3 nitrogen and oxygen atoms in total. The molecule has 1 heterocycles. The van der Waals surface area contributed by atoms with Gasteiger partial charge in [-0.15, -0.1) is 0 Å². The number of aromatic nitrogens is 2. The number of halogens is 2. The molecule has 0 aliphatic rings. The second-order valence-electron chi connectivity index (χ2n) is 3.04. The maximum Gasteiger partial charge on any atom is 0.0923 e. The summed E-state index contributed by atoms with van der Waals surface area (Å²) in [6.07, 6.45) is 3.47. The van der Waals surface area contributed by atoms with Gasteiger partial charge in [-0.05, 0) is 18.2 Å². The maximum absolute atomic E-state index is 5.99. The first-order valence-corrected chi connectivity index (χ1v) is 5.18. The Hall–Kier alpha value is -1.19. The van der Waals surface area contributed by atoms with Crippen molar-refractivity contribution in [1.82, 2.24) is 9.97 Å². The fourth-order valence-electron chi connectivity index (χ4n) is 1.21. The van der Waals surface area contributed by atoms with E-state index < -0.39 is 0 Å². The highest BCUT2D eigenvalue weighted by molar-refractivity contribution is 6.36. The van der Waals surface area contributed by atoms with Crippen molar-refractivity contribution in [2.24, 2.45) is 0 Å². The average molecular weight is 242 g/mol. The molecule has 2 N–H and O–H groups in total. The van der Waals surface area contributed by atoms with Crippen molar-refractivity contribution < 1.29 is 0 Å². The van der Waals surface area contributed by atoms with Crippen LogP contribution < -0.4 is 5.32 Å². The fraction of sp³-hybridized carbons (Fsp3) is 0.100. The number of anilines is 1. The van der Waals surface area contributed by atoms with Gasteiger partial charge in [0.1, 0.15) is 0 Å². The van der Waals surface area contributed by atoms with Gasteiger partial charge in [-0.2, -0.15) is 0 Å². The highest BCUT2D eigenvalue weighted by Crippen LogP contribution is 2.25. The third kappa shape index (κ3) is 2.64. The van der Waals surface area contributed by atoms with Crippen LogP contribution in [0.5, 0.6) is 0 Å². The molecule has 1 aromatic carbocycles. The van der Waals surface area contributed by atoms with Gasteiger partial charge >= 0.3 is 0 Å². The van der Waals surface area contributed by atoms with E-state index in [9.17, 15) is 0 Å². The molecule has 0 spiro atoms. The molecule has 2 rings (SSSR count). The van der Waals surface area contributed by atoms with Gasteiger partial charge in [0, 0.05) is 11.2 Å². The van der Waals surface area contributed by atoms with Crippen molar-refractivity contribution >= 4 is 28.9 Å². The summed E-state index contributed by atoms with van der Waals surface area (Å²) in [5.41, 5.74) is 1.78. The third-order valence-electron chi connectivity index (χ3n) is 1.95. The van der Waals surface area contributed by atoms with E-state index in [2.05, 4.69) is 15.3 Å². The zero-order chi connectivity index (χ0) is 10.7. The van der Waals surface area contributed by atoms with Crippen LogP contribution >= 0.6 is 23.2 Å². The monoisotopic (exact) mass is 241 g/mol. The van der Waals surface area contributed by atoms with Crippen LogP contribution in [0, 0.1) is 0 Å². The molecule has 1 aromatic heterocycles. The van der Waals surface area contributed by atoms with Crippen molar-refractivity contribution in [3.05, 3.63) is 46.5 Å². The lowest BCUT2D eigenvalue weighted by atomic mass is 10.3. The van der Waals surface area contributed by atoms with Crippen LogP contribution in [-0.2, 0) is 6.54 Å². The van der Waals surface area contributed by atoms with E-state index in [1.54, 1.807) is 18.5 Å².